The predicted molar refractivity (Wildman–Crippen MR) is 61.7 cm³/mol. The van der Waals surface area contributed by atoms with Crippen LogP contribution in [0.1, 0.15) is 25.7 Å². The highest BCUT2D eigenvalue weighted by atomic mass is 19.1. The topological polar surface area (TPSA) is 42.1 Å². The molecule has 1 spiro atoms. The Morgan fingerprint density at radius 1 is 1.25 bits per heavy atom. The molecule has 0 bridgehead atoms. The normalized spacial score (nSPS) is 22.4. The van der Waals surface area contributed by atoms with Gasteiger partial charge in [-0.2, -0.15) is 0 Å². The van der Waals surface area contributed by atoms with Crippen LogP contribution in [0.15, 0.2) is 12.3 Å². The minimum Gasteiger partial charge on any atom is -0.397 e. The first kappa shape index (κ1) is 9.87. The molecule has 0 amide bonds. The molecule has 2 N–H and O–H groups in total. The molecule has 4 heteroatoms. The van der Waals surface area contributed by atoms with Crippen molar-refractivity contribution in [2.75, 3.05) is 23.7 Å². The Kier molecular flexibility index (Phi) is 2.06. The highest BCUT2D eigenvalue weighted by Gasteiger charge is 2.44. The van der Waals surface area contributed by atoms with Gasteiger partial charge in [0.1, 0.15) is 0 Å². The number of rotatable bonds is 1. The molecule has 0 radical (unpaired) electrons. The van der Waals surface area contributed by atoms with Crippen molar-refractivity contribution in [3.8, 4) is 0 Å². The zero-order valence-electron chi connectivity index (χ0n) is 9.25. The maximum Gasteiger partial charge on any atom is 0.167 e. The van der Waals surface area contributed by atoms with Gasteiger partial charge in [0, 0.05) is 19.2 Å². The molecule has 0 unspecified atom stereocenters. The van der Waals surface area contributed by atoms with Gasteiger partial charge in [-0.25, -0.2) is 9.37 Å². The number of hydrogen-bond acceptors (Lipinski definition) is 3. The van der Waals surface area contributed by atoms with Crippen LogP contribution in [0.4, 0.5) is 15.9 Å². The van der Waals surface area contributed by atoms with E-state index in [0.717, 1.165) is 13.1 Å². The average molecular weight is 221 g/mol. The maximum absolute atomic E-state index is 13.7. The number of hydrogen-bond donors (Lipinski definition) is 1. The van der Waals surface area contributed by atoms with Gasteiger partial charge in [-0.3, -0.25) is 0 Å². The van der Waals surface area contributed by atoms with E-state index in [-0.39, 0.29) is 5.82 Å². The second-order valence-corrected chi connectivity index (χ2v) is 5.06. The minimum atomic E-state index is -0.299. The molecule has 2 fully saturated rings. The molecule has 1 saturated heterocycles. The molecule has 0 atom stereocenters. The average Bonchev–Trinajstić information content (AvgIpc) is 3.00. The summed E-state index contributed by atoms with van der Waals surface area (Å²) in [6.07, 6.45) is 6.61. The van der Waals surface area contributed by atoms with Crippen molar-refractivity contribution >= 4 is 11.5 Å². The lowest BCUT2D eigenvalue weighted by Gasteiger charge is -2.33. The summed E-state index contributed by atoms with van der Waals surface area (Å²) >= 11 is 0. The first-order valence-corrected chi connectivity index (χ1v) is 5.85. The molecule has 1 aliphatic carbocycles. The van der Waals surface area contributed by atoms with E-state index < -0.39 is 0 Å². The zero-order chi connectivity index (χ0) is 11.2. The molecular formula is C12H16FN3. The Morgan fingerprint density at radius 2 is 1.94 bits per heavy atom. The zero-order valence-corrected chi connectivity index (χ0v) is 9.25. The summed E-state index contributed by atoms with van der Waals surface area (Å²) in [6.45, 7) is 1.85. The van der Waals surface area contributed by atoms with Crippen molar-refractivity contribution in [2.45, 2.75) is 25.7 Å². The third-order valence-corrected chi connectivity index (χ3v) is 3.92. The van der Waals surface area contributed by atoms with E-state index in [4.69, 9.17) is 5.73 Å². The second-order valence-electron chi connectivity index (χ2n) is 5.06. The van der Waals surface area contributed by atoms with E-state index in [1.165, 1.54) is 37.9 Å². The van der Waals surface area contributed by atoms with Crippen LogP contribution in [0.3, 0.4) is 0 Å². The molecule has 1 aromatic heterocycles. The standard InChI is InChI=1S/C12H16FN3/c13-10-7-9(14)8-15-11(10)16-5-3-12(1-2-12)4-6-16/h7-8H,1-6,14H2. The fourth-order valence-corrected chi connectivity index (χ4v) is 2.55. The van der Waals surface area contributed by atoms with Crippen LogP contribution in [0.5, 0.6) is 0 Å². The fourth-order valence-electron chi connectivity index (χ4n) is 2.55. The lowest BCUT2D eigenvalue weighted by atomic mass is 9.94. The Bertz CT molecular complexity index is 405. The van der Waals surface area contributed by atoms with Crippen LogP contribution in [-0.2, 0) is 0 Å². The lowest BCUT2D eigenvalue weighted by Crippen LogP contribution is -2.35. The summed E-state index contributed by atoms with van der Waals surface area (Å²) in [6, 6.07) is 1.35. The van der Waals surface area contributed by atoms with Crippen LogP contribution in [0.25, 0.3) is 0 Å². The van der Waals surface area contributed by atoms with Crippen molar-refractivity contribution < 1.29 is 4.39 Å². The fraction of sp³-hybridized carbons (Fsp3) is 0.583. The number of piperidine rings is 1. The highest BCUT2D eigenvalue weighted by Crippen LogP contribution is 2.53. The molecular weight excluding hydrogens is 205 g/mol. The Morgan fingerprint density at radius 3 is 2.50 bits per heavy atom. The quantitative estimate of drug-likeness (QED) is 0.790. The smallest absolute Gasteiger partial charge is 0.167 e. The summed E-state index contributed by atoms with van der Waals surface area (Å²) in [7, 11) is 0. The van der Waals surface area contributed by atoms with Gasteiger partial charge in [-0.15, -0.1) is 0 Å². The molecule has 1 aromatic rings. The van der Waals surface area contributed by atoms with Crippen LogP contribution in [-0.4, -0.2) is 18.1 Å². The summed E-state index contributed by atoms with van der Waals surface area (Å²) in [4.78, 5) is 6.14. The summed E-state index contributed by atoms with van der Waals surface area (Å²) < 4.78 is 13.7. The van der Waals surface area contributed by atoms with E-state index >= 15 is 0 Å². The largest absolute Gasteiger partial charge is 0.397 e. The van der Waals surface area contributed by atoms with Gasteiger partial charge in [-0.05, 0) is 31.1 Å². The number of pyridine rings is 1. The third kappa shape index (κ3) is 1.62. The molecule has 3 rings (SSSR count). The lowest BCUT2D eigenvalue weighted by molar-refractivity contribution is 0.380. The van der Waals surface area contributed by atoms with Crippen LogP contribution < -0.4 is 10.6 Å². The molecule has 1 saturated carbocycles. The summed E-state index contributed by atoms with van der Waals surface area (Å²) in [5.74, 6) is 0.163. The maximum atomic E-state index is 13.7. The number of nitrogen functional groups attached to an aromatic ring is 1. The van der Waals surface area contributed by atoms with Gasteiger partial charge in [0.25, 0.3) is 0 Å². The third-order valence-electron chi connectivity index (χ3n) is 3.92. The van der Waals surface area contributed by atoms with Gasteiger partial charge in [0.2, 0.25) is 0 Å². The van der Waals surface area contributed by atoms with Gasteiger partial charge in [0.15, 0.2) is 11.6 Å². The highest BCUT2D eigenvalue weighted by molar-refractivity contribution is 5.47. The number of nitrogens with two attached hydrogens (primary N) is 1. The predicted octanol–water partition coefficient (Wildman–Crippen LogP) is 2.18. The van der Waals surface area contributed by atoms with E-state index in [1.807, 2.05) is 4.90 Å². The van der Waals surface area contributed by atoms with Crippen molar-refractivity contribution in [1.82, 2.24) is 4.98 Å². The molecule has 0 aromatic carbocycles. The number of nitrogens with zero attached hydrogens (tertiary/aromatic N) is 2. The number of anilines is 2. The molecule has 86 valence electrons. The van der Waals surface area contributed by atoms with Crippen molar-refractivity contribution in [2.24, 2.45) is 5.41 Å². The van der Waals surface area contributed by atoms with E-state index in [0.29, 0.717) is 16.9 Å². The summed E-state index contributed by atoms with van der Waals surface area (Å²) in [5, 5.41) is 0. The van der Waals surface area contributed by atoms with E-state index in [2.05, 4.69) is 4.98 Å². The van der Waals surface area contributed by atoms with Crippen LogP contribution in [0.2, 0.25) is 0 Å². The Balaban J connectivity index is 1.77. The van der Waals surface area contributed by atoms with Gasteiger partial charge >= 0.3 is 0 Å². The van der Waals surface area contributed by atoms with E-state index in [9.17, 15) is 4.39 Å². The SMILES string of the molecule is Nc1cnc(N2CCC3(CC2)CC3)c(F)c1. The first-order chi connectivity index (χ1) is 7.69. The summed E-state index contributed by atoms with van der Waals surface area (Å²) in [5.41, 5.74) is 6.49. The van der Waals surface area contributed by atoms with Crippen molar-refractivity contribution in [3.05, 3.63) is 18.1 Å². The van der Waals surface area contributed by atoms with E-state index in [1.54, 1.807) is 0 Å². The van der Waals surface area contributed by atoms with Crippen molar-refractivity contribution in [3.63, 3.8) is 0 Å². The van der Waals surface area contributed by atoms with Crippen LogP contribution >= 0.6 is 0 Å². The molecule has 2 heterocycles. The number of aromatic nitrogens is 1. The second kappa shape index (κ2) is 3.34. The number of halogens is 1. The minimum absolute atomic E-state index is 0.299. The molecule has 2 aliphatic rings. The monoisotopic (exact) mass is 221 g/mol. The van der Waals surface area contributed by atoms with Crippen molar-refractivity contribution in [1.29, 1.82) is 0 Å². The molecule has 3 nitrogen and oxygen atoms in total. The Hall–Kier alpha value is -1.32. The van der Waals surface area contributed by atoms with Gasteiger partial charge in [0.05, 0.1) is 11.9 Å². The van der Waals surface area contributed by atoms with Gasteiger partial charge in [-0.1, -0.05) is 0 Å². The van der Waals surface area contributed by atoms with Gasteiger partial charge < -0.3 is 10.6 Å². The van der Waals surface area contributed by atoms with Crippen LogP contribution in [0, 0.1) is 11.2 Å². The molecule has 1 aliphatic heterocycles. The first-order valence-electron chi connectivity index (χ1n) is 5.85. The Labute approximate surface area is 94.5 Å². The molecule has 16 heavy (non-hydrogen) atoms.